The molecule has 6 heteroatoms. The first-order valence-electron chi connectivity index (χ1n) is 7.16. The lowest BCUT2D eigenvalue weighted by molar-refractivity contribution is -0.136. The molecule has 2 heterocycles. The molecule has 0 aromatic rings. The Bertz CT molecular complexity index is 308. The molecule has 1 N–H and O–H groups in total. The lowest BCUT2D eigenvalue weighted by Gasteiger charge is -2.41. The zero-order valence-corrected chi connectivity index (χ0v) is 11.4. The molecular formula is C13H23F2N3O. The van der Waals surface area contributed by atoms with Crippen molar-refractivity contribution in [1.82, 2.24) is 15.1 Å². The second kappa shape index (κ2) is 6.61. The number of rotatable bonds is 4. The van der Waals surface area contributed by atoms with Gasteiger partial charge in [-0.05, 0) is 25.8 Å². The molecule has 2 unspecified atom stereocenters. The van der Waals surface area contributed by atoms with E-state index in [-0.39, 0.29) is 24.5 Å². The van der Waals surface area contributed by atoms with Crippen LogP contribution in [0.4, 0.5) is 8.78 Å². The van der Waals surface area contributed by atoms with E-state index in [1.165, 1.54) is 0 Å². The number of carbonyl (C=O) groups is 1. The van der Waals surface area contributed by atoms with Crippen molar-refractivity contribution in [3.05, 3.63) is 0 Å². The second-order valence-electron chi connectivity index (χ2n) is 5.38. The largest absolute Gasteiger partial charge is 0.338 e. The third kappa shape index (κ3) is 3.63. The summed E-state index contributed by atoms with van der Waals surface area (Å²) in [5.74, 6) is 0.146. The molecule has 0 aliphatic carbocycles. The zero-order valence-electron chi connectivity index (χ0n) is 11.4. The van der Waals surface area contributed by atoms with Crippen molar-refractivity contribution in [3.8, 4) is 0 Å². The van der Waals surface area contributed by atoms with Gasteiger partial charge in [0.05, 0.1) is 12.6 Å². The highest BCUT2D eigenvalue weighted by atomic mass is 19.3. The summed E-state index contributed by atoms with van der Waals surface area (Å²) in [6.45, 7) is 4.42. The molecule has 0 spiro atoms. The third-order valence-corrected chi connectivity index (χ3v) is 4.12. The highest BCUT2D eigenvalue weighted by Gasteiger charge is 2.33. The summed E-state index contributed by atoms with van der Waals surface area (Å²) < 4.78 is 25.0. The molecule has 2 fully saturated rings. The number of hydrogen-bond donors (Lipinski definition) is 1. The molecule has 0 aromatic carbocycles. The van der Waals surface area contributed by atoms with Crippen LogP contribution in [0.3, 0.4) is 0 Å². The van der Waals surface area contributed by atoms with E-state index in [0.29, 0.717) is 19.6 Å². The van der Waals surface area contributed by atoms with Gasteiger partial charge in [0.1, 0.15) is 0 Å². The van der Waals surface area contributed by atoms with Crippen LogP contribution in [-0.4, -0.2) is 66.9 Å². The highest BCUT2D eigenvalue weighted by Crippen LogP contribution is 2.17. The molecule has 0 bridgehead atoms. The maximum atomic E-state index is 12.5. The molecule has 1 amide bonds. The molecular weight excluding hydrogens is 252 g/mol. The number of nitrogens with one attached hydrogen (secondary N) is 1. The molecule has 2 saturated heterocycles. The van der Waals surface area contributed by atoms with Crippen molar-refractivity contribution in [3.63, 3.8) is 0 Å². The van der Waals surface area contributed by atoms with Crippen LogP contribution < -0.4 is 5.32 Å². The van der Waals surface area contributed by atoms with Crippen LogP contribution in [0.2, 0.25) is 0 Å². The minimum atomic E-state index is -2.30. The zero-order chi connectivity index (χ0) is 13.8. The third-order valence-electron chi connectivity index (χ3n) is 4.12. The summed E-state index contributed by atoms with van der Waals surface area (Å²) in [7, 11) is 0. The van der Waals surface area contributed by atoms with Crippen LogP contribution in [0.15, 0.2) is 0 Å². The van der Waals surface area contributed by atoms with Crippen LogP contribution in [0, 0.1) is 0 Å². The molecule has 0 radical (unpaired) electrons. The van der Waals surface area contributed by atoms with Gasteiger partial charge in [0, 0.05) is 25.7 Å². The Morgan fingerprint density at radius 1 is 1.42 bits per heavy atom. The van der Waals surface area contributed by atoms with Crippen LogP contribution in [-0.2, 0) is 4.79 Å². The van der Waals surface area contributed by atoms with Gasteiger partial charge in [-0.25, -0.2) is 8.78 Å². The molecule has 4 nitrogen and oxygen atoms in total. The number of nitrogens with zero attached hydrogens (tertiary/aromatic N) is 2. The smallest absolute Gasteiger partial charge is 0.251 e. The van der Waals surface area contributed by atoms with Gasteiger partial charge < -0.3 is 10.2 Å². The van der Waals surface area contributed by atoms with E-state index in [9.17, 15) is 13.6 Å². The lowest BCUT2D eigenvalue weighted by Crippen LogP contribution is -2.58. The van der Waals surface area contributed by atoms with E-state index in [4.69, 9.17) is 0 Å². The van der Waals surface area contributed by atoms with E-state index in [0.717, 1.165) is 25.8 Å². The minimum absolute atomic E-state index is 0.0563. The Morgan fingerprint density at radius 3 is 2.79 bits per heavy atom. The van der Waals surface area contributed by atoms with Crippen LogP contribution in [0.5, 0.6) is 0 Å². The maximum Gasteiger partial charge on any atom is 0.251 e. The Morgan fingerprint density at radius 2 is 2.21 bits per heavy atom. The van der Waals surface area contributed by atoms with Crippen LogP contribution >= 0.6 is 0 Å². The normalized spacial score (nSPS) is 29.2. The fraction of sp³-hybridized carbons (Fsp3) is 0.923. The van der Waals surface area contributed by atoms with Gasteiger partial charge >= 0.3 is 0 Å². The van der Waals surface area contributed by atoms with E-state index in [1.54, 1.807) is 0 Å². The van der Waals surface area contributed by atoms with Gasteiger partial charge in [-0.2, -0.15) is 0 Å². The fourth-order valence-electron chi connectivity index (χ4n) is 3.01. The van der Waals surface area contributed by atoms with Crippen molar-refractivity contribution in [2.24, 2.45) is 0 Å². The quantitative estimate of drug-likeness (QED) is 0.829. The first-order valence-corrected chi connectivity index (χ1v) is 7.16. The van der Waals surface area contributed by atoms with Crippen molar-refractivity contribution in [2.45, 2.75) is 44.7 Å². The number of piperazine rings is 1. The SMILES string of the molecule is CCC1CN(C(=O)C2CCCN2)CCN1CC(F)F. The maximum absolute atomic E-state index is 12.5. The van der Waals surface area contributed by atoms with Crippen molar-refractivity contribution < 1.29 is 13.6 Å². The van der Waals surface area contributed by atoms with E-state index in [1.807, 2.05) is 16.7 Å². The van der Waals surface area contributed by atoms with Gasteiger partial charge in [0.25, 0.3) is 6.43 Å². The summed E-state index contributed by atoms with van der Waals surface area (Å²) in [6.07, 6.45) is 0.438. The fourth-order valence-corrected chi connectivity index (χ4v) is 3.01. The highest BCUT2D eigenvalue weighted by molar-refractivity contribution is 5.82. The Hall–Kier alpha value is -0.750. The summed E-state index contributed by atoms with van der Waals surface area (Å²) in [4.78, 5) is 15.9. The lowest BCUT2D eigenvalue weighted by atomic mass is 10.1. The molecule has 110 valence electrons. The monoisotopic (exact) mass is 275 g/mol. The topological polar surface area (TPSA) is 35.6 Å². The second-order valence-corrected chi connectivity index (χ2v) is 5.38. The molecule has 2 aliphatic heterocycles. The average Bonchev–Trinajstić information content (AvgIpc) is 2.91. The Balaban J connectivity index is 1.90. The van der Waals surface area contributed by atoms with Gasteiger partial charge in [0.2, 0.25) is 5.91 Å². The van der Waals surface area contributed by atoms with Crippen LogP contribution in [0.25, 0.3) is 0 Å². The molecule has 2 atom stereocenters. The average molecular weight is 275 g/mol. The molecule has 0 saturated carbocycles. The summed E-state index contributed by atoms with van der Waals surface area (Å²) >= 11 is 0. The van der Waals surface area contributed by atoms with Crippen molar-refractivity contribution in [1.29, 1.82) is 0 Å². The summed E-state index contributed by atoms with van der Waals surface area (Å²) in [5.41, 5.74) is 0. The van der Waals surface area contributed by atoms with E-state index >= 15 is 0 Å². The standard InChI is InChI=1S/C13H23F2N3O/c1-2-10-8-18(7-6-17(10)9-12(14)15)13(19)11-4-3-5-16-11/h10-12,16H,2-9H2,1H3. The van der Waals surface area contributed by atoms with Gasteiger partial charge in [-0.3, -0.25) is 9.69 Å². The van der Waals surface area contributed by atoms with Gasteiger partial charge in [0.15, 0.2) is 0 Å². The predicted molar refractivity (Wildman–Crippen MR) is 69.3 cm³/mol. The Kier molecular flexibility index (Phi) is 5.10. The Labute approximate surface area is 113 Å². The van der Waals surface area contributed by atoms with Gasteiger partial charge in [-0.15, -0.1) is 0 Å². The number of halogens is 2. The van der Waals surface area contributed by atoms with E-state index in [2.05, 4.69) is 5.32 Å². The van der Waals surface area contributed by atoms with Crippen molar-refractivity contribution in [2.75, 3.05) is 32.7 Å². The number of amides is 1. The summed E-state index contributed by atoms with van der Waals surface area (Å²) in [6, 6.07) is 0.00672. The van der Waals surface area contributed by atoms with Crippen molar-refractivity contribution >= 4 is 5.91 Å². The number of alkyl halides is 2. The molecule has 2 aliphatic rings. The van der Waals surface area contributed by atoms with Crippen LogP contribution in [0.1, 0.15) is 26.2 Å². The van der Waals surface area contributed by atoms with Gasteiger partial charge in [-0.1, -0.05) is 6.92 Å². The van der Waals surface area contributed by atoms with E-state index < -0.39 is 6.43 Å². The number of carbonyl (C=O) groups excluding carboxylic acids is 1. The molecule has 19 heavy (non-hydrogen) atoms. The first-order chi connectivity index (χ1) is 9.11. The summed E-state index contributed by atoms with van der Waals surface area (Å²) in [5, 5.41) is 3.21. The molecule has 0 aromatic heterocycles. The molecule has 2 rings (SSSR count). The number of hydrogen-bond acceptors (Lipinski definition) is 3. The first kappa shape index (κ1) is 14.7. The predicted octanol–water partition coefficient (Wildman–Crippen LogP) is 0.926. The minimum Gasteiger partial charge on any atom is -0.338 e.